The third-order valence-electron chi connectivity index (χ3n) is 3.95. The van der Waals surface area contributed by atoms with Crippen LogP contribution in [0.3, 0.4) is 0 Å². The molecular weight excluding hydrogens is 192 g/mol. The quantitative estimate of drug-likeness (QED) is 0.704. The smallest absolute Gasteiger partial charge is 0.239 e. The van der Waals surface area contributed by atoms with Crippen molar-refractivity contribution in [1.82, 2.24) is 10.2 Å². The number of amides is 1. The highest BCUT2D eigenvalue weighted by molar-refractivity contribution is 5.83. The summed E-state index contributed by atoms with van der Waals surface area (Å²) >= 11 is 0. The van der Waals surface area contributed by atoms with Crippen molar-refractivity contribution >= 4 is 5.91 Å². The third kappa shape index (κ3) is 1.56. The molecule has 2 bridgehead atoms. The molecule has 15 heavy (non-hydrogen) atoms. The molecule has 0 aromatic heterocycles. The molecule has 4 heteroatoms. The molecule has 3 rings (SSSR count). The first-order valence-electron chi connectivity index (χ1n) is 5.90. The van der Waals surface area contributed by atoms with Crippen molar-refractivity contribution in [3.8, 4) is 0 Å². The minimum absolute atomic E-state index is 0.0444. The normalized spacial score (nSPS) is 44.3. The van der Waals surface area contributed by atoms with Crippen LogP contribution >= 0.6 is 0 Å². The summed E-state index contributed by atoms with van der Waals surface area (Å²) < 4.78 is 5.77. The Morgan fingerprint density at radius 3 is 2.80 bits per heavy atom. The van der Waals surface area contributed by atoms with Crippen molar-refractivity contribution in [3.05, 3.63) is 0 Å². The van der Waals surface area contributed by atoms with Crippen LogP contribution in [0.1, 0.15) is 25.7 Å². The molecule has 1 N–H and O–H groups in total. The maximum Gasteiger partial charge on any atom is 0.239 e. The highest BCUT2D eigenvalue weighted by Crippen LogP contribution is 2.34. The van der Waals surface area contributed by atoms with Gasteiger partial charge in [0.2, 0.25) is 5.91 Å². The van der Waals surface area contributed by atoms with E-state index in [0.717, 1.165) is 19.4 Å². The monoisotopic (exact) mass is 210 g/mol. The maximum atomic E-state index is 11.7. The lowest BCUT2D eigenvalue weighted by molar-refractivity contribution is -0.128. The Hall–Kier alpha value is -0.610. The molecule has 0 saturated carbocycles. The molecule has 0 spiro atoms. The van der Waals surface area contributed by atoms with Crippen molar-refractivity contribution in [2.24, 2.45) is 0 Å². The lowest BCUT2D eigenvalue weighted by atomic mass is 9.95. The van der Waals surface area contributed by atoms with Crippen LogP contribution in [-0.2, 0) is 9.53 Å². The maximum absolute atomic E-state index is 11.7. The van der Waals surface area contributed by atoms with Crippen LogP contribution in [0.25, 0.3) is 0 Å². The molecule has 0 aromatic carbocycles. The number of nitrogens with zero attached hydrogens (tertiary/aromatic N) is 1. The molecule has 84 valence electrons. The molecule has 3 fully saturated rings. The number of hydrogen-bond donors (Lipinski definition) is 1. The Morgan fingerprint density at radius 2 is 2.27 bits per heavy atom. The fraction of sp³-hybridized carbons (Fsp3) is 0.909. The van der Waals surface area contributed by atoms with Gasteiger partial charge in [0.25, 0.3) is 0 Å². The van der Waals surface area contributed by atoms with Gasteiger partial charge in [-0.1, -0.05) is 0 Å². The number of carbonyl (C=O) groups is 1. The van der Waals surface area contributed by atoms with Crippen LogP contribution < -0.4 is 5.32 Å². The first-order chi connectivity index (χ1) is 7.24. The fourth-order valence-corrected chi connectivity index (χ4v) is 3.05. The van der Waals surface area contributed by atoms with Crippen molar-refractivity contribution in [1.29, 1.82) is 0 Å². The second kappa shape index (κ2) is 3.46. The summed E-state index contributed by atoms with van der Waals surface area (Å²) in [5.74, 6) is 0.248. The summed E-state index contributed by atoms with van der Waals surface area (Å²) in [5, 5.41) is 3.47. The van der Waals surface area contributed by atoms with E-state index < -0.39 is 0 Å². The lowest BCUT2D eigenvalue weighted by Gasteiger charge is -2.23. The van der Waals surface area contributed by atoms with E-state index in [2.05, 4.69) is 5.32 Å². The number of carbonyl (C=O) groups excluding carboxylic acids is 1. The summed E-state index contributed by atoms with van der Waals surface area (Å²) in [4.78, 5) is 13.5. The van der Waals surface area contributed by atoms with Crippen molar-refractivity contribution in [2.75, 3.05) is 13.6 Å². The third-order valence-corrected chi connectivity index (χ3v) is 3.95. The molecule has 4 nitrogen and oxygen atoms in total. The molecule has 1 amide bonds. The predicted molar refractivity (Wildman–Crippen MR) is 55.5 cm³/mol. The molecule has 4 unspecified atom stereocenters. The van der Waals surface area contributed by atoms with Gasteiger partial charge >= 0.3 is 0 Å². The molecule has 0 radical (unpaired) electrons. The predicted octanol–water partition coefficient (Wildman–Crippen LogP) is 0.127. The Balaban J connectivity index is 1.60. The van der Waals surface area contributed by atoms with Crippen LogP contribution in [0.2, 0.25) is 0 Å². The summed E-state index contributed by atoms with van der Waals surface area (Å²) in [7, 11) is 1.88. The van der Waals surface area contributed by atoms with E-state index in [0.29, 0.717) is 18.2 Å². The van der Waals surface area contributed by atoms with Gasteiger partial charge in [-0.3, -0.25) is 4.79 Å². The molecule has 0 aliphatic carbocycles. The molecule has 4 atom stereocenters. The van der Waals surface area contributed by atoms with Crippen LogP contribution in [0.5, 0.6) is 0 Å². The largest absolute Gasteiger partial charge is 0.373 e. The van der Waals surface area contributed by atoms with Gasteiger partial charge in [0.15, 0.2) is 0 Å². The van der Waals surface area contributed by atoms with E-state index in [1.165, 1.54) is 12.8 Å². The van der Waals surface area contributed by atoms with E-state index in [9.17, 15) is 4.79 Å². The van der Waals surface area contributed by atoms with Gasteiger partial charge in [0.1, 0.15) is 0 Å². The highest BCUT2D eigenvalue weighted by Gasteiger charge is 2.43. The summed E-state index contributed by atoms with van der Waals surface area (Å²) in [6, 6.07) is 0.465. The van der Waals surface area contributed by atoms with E-state index in [4.69, 9.17) is 4.74 Å². The van der Waals surface area contributed by atoms with Crippen LogP contribution in [0.15, 0.2) is 0 Å². The molecule has 0 aromatic rings. The van der Waals surface area contributed by atoms with E-state index >= 15 is 0 Å². The van der Waals surface area contributed by atoms with Gasteiger partial charge in [0.05, 0.1) is 18.2 Å². The summed E-state index contributed by atoms with van der Waals surface area (Å²) in [5.41, 5.74) is 0. The van der Waals surface area contributed by atoms with E-state index in [1.807, 2.05) is 11.9 Å². The highest BCUT2D eigenvalue weighted by atomic mass is 16.5. The number of likely N-dealkylation sites (N-methyl/N-ethyl adjacent to an activating group) is 1. The van der Waals surface area contributed by atoms with Crippen molar-refractivity contribution in [2.45, 2.75) is 50.0 Å². The van der Waals surface area contributed by atoms with E-state index in [1.54, 1.807) is 0 Å². The number of likely N-dealkylation sites (tertiary alicyclic amines) is 1. The first-order valence-corrected chi connectivity index (χ1v) is 5.90. The van der Waals surface area contributed by atoms with Gasteiger partial charge < -0.3 is 15.0 Å². The number of fused-ring (bicyclic) bond motifs is 2. The second-order valence-electron chi connectivity index (χ2n) is 4.98. The summed E-state index contributed by atoms with van der Waals surface area (Å²) in [6.45, 7) is 0.887. The van der Waals surface area contributed by atoms with Crippen LogP contribution in [0, 0.1) is 0 Å². The van der Waals surface area contributed by atoms with Gasteiger partial charge in [-0.2, -0.15) is 0 Å². The first kappa shape index (κ1) is 9.60. The number of nitrogens with one attached hydrogen (secondary N) is 1. The number of ether oxygens (including phenoxy) is 1. The zero-order chi connectivity index (χ0) is 10.4. The topological polar surface area (TPSA) is 41.6 Å². The van der Waals surface area contributed by atoms with Gasteiger partial charge in [-0.15, -0.1) is 0 Å². The SMILES string of the molecule is CN1CCC(NC2CC3CCC2O3)C1=O. The van der Waals surface area contributed by atoms with Crippen molar-refractivity contribution < 1.29 is 9.53 Å². The number of rotatable bonds is 2. The Morgan fingerprint density at radius 1 is 1.40 bits per heavy atom. The Kier molecular flexibility index (Phi) is 2.21. The number of hydrogen-bond acceptors (Lipinski definition) is 3. The average molecular weight is 210 g/mol. The minimum Gasteiger partial charge on any atom is -0.373 e. The average Bonchev–Trinajstić information content (AvgIpc) is 2.89. The second-order valence-corrected chi connectivity index (χ2v) is 4.98. The molecule has 3 aliphatic heterocycles. The van der Waals surface area contributed by atoms with Crippen LogP contribution in [0.4, 0.5) is 0 Å². The van der Waals surface area contributed by atoms with E-state index in [-0.39, 0.29) is 11.9 Å². The summed E-state index contributed by atoms with van der Waals surface area (Å²) in [6.07, 6.45) is 5.25. The zero-order valence-corrected chi connectivity index (χ0v) is 9.11. The van der Waals surface area contributed by atoms with Gasteiger partial charge in [-0.25, -0.2) is 0 Å². The zero-order valence-electron chi connectivity index (χ0n) is 9.11. The standard InChI is InChI=1S/C11H18N2O2/c1-13-5-4-8(11(13)14)12-9-6-7-2-3-10(9)15-7/h7-10,12H,2-6H2,1H3. The van der Waals surface area contributed by atoms with Crippen molar-refractivity contribution in [3.63, 3.8) is 0 Å². The molecule has 3 aliphatic rings. The van der Waals surface area contributed by atoms with Crippen LogP contribution in [-0.4, -0.2) is 48.7 Å². The van der Waals surface area contributed by atoms with Gasteiger partial charge in [0, 0.05) is 19.6 Å². The minimum atomic E-state index is 0.0444. The Labute approximate surface area is 90.0 Å². The Bertz CT molecular complexity index is 282. The fourth-order valence-electron chi connectivity index (χ4n) is 3.05. The lowest BCUT2D eigenvalue weighted by Crippen LogP contribution is -2.47. The van der Waals surface area contributed by atoms with Gasteiger partial charge in [-0.05, 0) is 25.7 Å². The molecular formula is C11H18N2O2. The molecule has 3 saturated heterocycles. The molecule has 3 heterocycles.